The number of methoxy groups -OCH3 is 2. The predicted octanol–water partition coefficient (Wildman–Crippen LogP) is 1.05. The van der Waals surface area contributed by atoms with Crippen LogP contribution in [0.4, 0.5) is 5.69 Å². The number of benzene rings is 1. The number of hydrogen-bond donors (Lipinski definition) is 2. The SMILES string of the molecule is CNC(=O)c1nn(C)cc1NC(=O)c1ccc(OC)c(OC)c1. The Morgan fingerprint density at radius 3 is 2.43 bits per heavy atom. The molecule has 0 aliphatic carbocycles. The molecule has 1 heterocycles. The van der Waals surface area contributed by atoms with Gasteiger partial charge in [0, 0.05) is 25.9 Å². The van der Waals surface area contributed by atoms with Gasteiger partial charge in [-0.05, 0) is 18.2 Å². The molecule has 0 atom stereocenters. The van der Waals surface area contributed by atoms with E-state index in [0.29, 0.717) is 22.7 Å². The molecule has 2 aromatic rings. The number of aromatic nitrogens is 2. The lowest BCUT2D eigenvalue weighted by molar-refractivity contribution is 0.0958. The minimum atomic E-state index is -0.385. The second-order valence-corrected chi connectivity index (χ2v) is 4.67. The van der Waals surface area contributed by atoms with Crippen LogP contribution in [0.2, 0.25) is 0 Å². The van der Waals surface area contributed by atoms with Crippen molar-refractivity contribution >= 4 is 17.5 Å². The number of hydrogen-bond acceptors (Lipinski definition) is 5. The molecule has 1 aromatic heterocycles. The molecule has 0 unspecified atom stereocenters. The lowest BCUT2D eigenvalue weighted by Gasteiger charge is -2.09. The molecule has 2 rings (SSSR count). The summed E-state index contributed by atoms with van der Waals surface area (Å²) < 4.78 is 11.8. The number of rotatable bonds is 5. The zero-order chi connectivity index (χ0) is 17.0. The zero-order valence-corrected chi connectivity index (χ0v) is 13.3. The van der Waals surface area contributed by atoms with Crippen molar-refractivity contribution in [2.24, 2.45) is 7.05 Å². The minimum Gasteiger partial charge on any atom is -0.493 e. The summed E-state index contributed by atoms with van der Waals surface area (Å²) in [5.74, 6) is 0.201. The van der Waals surface area contributed by atoms with Gasteiger partial charge in [-0.25, -0.2) is 0 Å². The molecule has 122 valence electrons. The lowest BCUT2D eigenvalue weighted by Crippen LogP contribution is -2.21. The lowest BCUT2D eigenvalue weighted by atomic mass is 10.2. The fraction of sp³-hybridized carbons (Fsp3) is 0.267. The van der Waals surface area contributed by atoms with E-state index >= 15 is 0 Å². The molecule has 0 saturated carbocycles. The van der Waals surface area contributed by atoms with Crippen molar-refractivity contribution in [1.82, 2.24) is 15.1 Å². The van der Waals surface area contributed by atoms with Gasteiger partial charge in [-0.1, -0.05) is 0 Å². The van der Waals surface area contributed by atoms with E-state index in [1.807, 2.05) is 0 Å². The molecule has 2 amide bonds. The predicted molar refractivity (Wildman–Crippen MR) is 84.1 cm³/mol. The van der Waals surface area contributed by atoms with E-state index in [0.717, 1.165) is 0 Å². The van der Waals surface area contributed by atoms with Gasteiger partial charge in [-0.15, -0.1) is 0 Å². The van der Waals surface area contributed by atoms with Crippen molar-refractivity contribution < 1.29 is 19.1 Å². The largest absolute Gasteiger partial charge is 0.493 e. The molecule has 8 nitrogen and oxygen atoms in total. The highest BCUT2D eigenvalue weighted by Crippen LogP contribution is 2.28. The Balaban J connectivity index is 2.28. The third kappa shape index (κ3) is 3.42. The maximum absolute atomic E-state index is 12.4. The smallest absolute Gasteiger partial charge is 0.273 e. The molecule has 0 spiro atoms. The zero-order valence-electron chi connectivity index (χ0n) is 13.3. The maximum atomic E-state index is 12.4. The fourth-order valence-electron chi connectivity index (χ4n) is 2.04. The van der Waals surface area contributed by atoms with E-state index in [9.17, 15) is 9.59 Å². The average Bonchev–Trinajstić information content (AvgIpc) is 2.93. The summed E-state index contributed by atoms with van der Waals surface area (Å²) in [4.78, 5) is 24.2. The van der Waals surface area contributed by atoms with Crippen molar-refractivity contribution in [3.8, 4) is 11.5 Å². The van der Waals surface area contributed by atoms with Crippen LogP contribution in [0.5, 0.6) is 11.5 Å². The minimum absolute atomic E-state index is 0.142. The van der Waals surface area contributed by atoms with Gasteiger partial charge in [-0.2, -0.15) is 5.10 Å². The quantitative estimate of drug-likeness (QED) is 0.859. The van der Waals surface area contributed by atoms with Gasteiger partial charge >= 0.3 is 0 Å². The van der Waals surface area contributed by atoms with Gasteiger partial charge < -0.3 is 20.1 Å². The van der Waals surface area contributed by atoms with Crippen molar-refractivity contribution in [3.63, 3.8) is 0 Å². The molecule has 0 fully saturated rings. The molecule has 8 heteroatoms. The van der Waals surface area contributed by atoms with Gasteiger partial charge in [-0.3, -0.25) is 14.3 Å². The normalized spacial score (nSPS) is 10.1. The average molecular weight is 318 g/mol. The Hall–Kier alpha value is -3.03. The molecule has 0 aliphatic heterocycles. The first-order valence-corrected chi connectivity index (χ1v) is 6.79. The van der Waals surface area contributed by atoms with E-state index in [1.165, 1.54) is 25.9 Å². The van der Waals surface area contributed by atoms with Crippen molar-refractivity contribution in [2.75, 3.05) is 26.6 Å². The molecular formula is C15H18N4O4. The molecule has 1 aromatic carbocycles. The van der Waals surface area contributed by atoms with E-state index < -0.39 is 0 Å². The topological polar surface area (TPSA) is 94.5 Å². The van der Waals surface area contributed by atoms with Crippen LogP contribution in [-0.2, 0) is 7.05 Å². The Morgan fingerprint density at radius 1 is 1.13 bits per heavy atom. The van der Waals surface area contributed by atoms with Crippen LogP contribution < -0.4 is 20.1 Å². The standard InChI is InChI=1S/C15H18N4O4/c1-16-15(21)13-10(8-19(2)18-13)17-14(20)9-5-6-11(22-3)12(7-9)23-4/h5-8H,1-4H3,(H,16,21)(H,17,20). The van der Waals surface area contributed by atoms with Crippen LogP contribution in [0, 0.1) is 0 Å². The number of carbonyl (C=O) groups excluding carboxylic acids is 2. The molecule has 0 saturated heterocycles. The summed E-state index contributed by atoms with van der Waals surface area (Å²) in [6, 6.07) is 4.80. The highest BCUT2D eigenvalue weighted by Gasteiger charge is 2.18. The number of anilines is 1. The van der Waals surface area contributed by atoms with Crippen LogP contribution in [0.15, 0.2) is 24.4 Å². The second-order valence-electron chi connectivity index (χ2n) is 4.67. The van der Waals surface area contributed by atoms with E-state index in [2.05, 4.69) is 15.7 Å². The van der Waals surface area contributed by atoms with Crippen LogP contribution in [-0.4, -0.2) is 42.9 Å². The number of nitrogens with zero attached hydrogens (tertiary/aromatic N) is 2. The molecule has 0 aliphatic rings. The Morgan fingerprint density at radius 2 is 1.83 bits per heavy atom. The third-order valence-corrected chi connectivity index (χ3v) is 3.16. The molecule has 23 heavy (non-hydrogen) atoms. The monoisotopic (exact) mass is 318 g/mol. The van der Waals surface area contributed by atoms with Crippen LogP contribution in [0.3, 0.4) is 0 Å². The summed E-state index contributed by atoms with van der Waals surface area (Å²) >= 11 is 0. The number of nitrogens with one attached hydrogen (secondary N) is 2. The van der Waals surface area contributed by atoms with Crippen molar-refractivity contribution in [1.29, 1.82) is 0 Å². The van der Waals surface area contributed by atoms with Gasteiger partial charge in [0.15, 0.2) is 17.2 Å². The molecular weight excluding hydrogens is 300 g/mol. The Bertz CT molecular complexity index is 739. The summed E-state index contributed by atoms with van der Waals surface area (Å²) in [5, 5.41) is 9.19. The van der Waals surface area contributed by atoms with Gasteiger partial charge in [0.2, 0.25) is 0 Å². The van der Waals surface area contributed by atoms with Crippen LogP contribution >= 0.6 is 0 Å². The molecule has 0 bridgehead atoms. The first-order valence-electron chi connectivity index (χ1n) is 6.79. The summed E-state index contributed by atoms with van der Waals surface area (Å²) in [7, 11) is 6.17. The molecule has 0 radical (unpaired) electrons. The highest BCUT2D eigenvalue weighted by molar-refractivity contribution is 6.08. The van der Waals surface area contributed by atoms with Crippen LogP contribution in [0.25, 0.3) is 0 Å². The third-order valence-electron chi connectivity index (χ3n) is 3.16. The first kappa shape index (κ1) is 16.3. The first-order chi connectivity index (χ1) is 11.0. The van der Waals surface area contributed by atoms with Gasteiger partial charge in [0.1, 0.15) is 0 Å². The summed E-state index contributed by atoms with van der Waals surface area (Å²) in [6.07, 6.45) is 1.56. The second kappa shape index (κ2) is 6.82. The van der Waals surface area contributed by atoms with Crippen LogP contribution in [0.1, 0.15) is 20.8 Å². The van der Waals surface area contributed by atoms with E-state index in [-0.39, 0.29) is 17.5 Å². The van der Waals surface area contributed by atoms with Gasteiger partial charge in [0.05, 0.1) is 19.9 Å². The Labute approximate surface area is 133 Å². The van der Waals surface area contributed by atoms with Gasteiger partial charge in [0.25, 0.3) is 11.8 Å². The number of amides is 2. The number of aryl methyl sites for hydroxylation is 1. The fourth-order valence-corrected chi connectivity index (χ4v) is 2.04. The maximum Gasteiger partial charge on any atom is 0.273 e. The van der Waals surface area contributed by atoms with Crippen molar-refractivity contribution in [3.05, 3.63) is 35.7 Å². The summed E-state index contributed by atoms with van der Waals surface area (Å²) in [6.45, 7) is 0. The number of ether oxygens (including phenoxy) is 2. The number of carbonyl (C=O) groups is 2. The molecule has 2 N–H and O–H groups in total. The van der Waals surface area contributed by atoms with E-state index in [1.54, 1.807) is 31.4 Å². The Kier molecular flexibility index (Phi) is 4.85. The van der Waals surface area contributed by atoms with E-state index in [4.69, 9.17) is 9.47 Å². The summed E-state index contributed by atoms with van der Waals surface area (Å²) in [5.41, 5.74) is 0.838. The highest BCUT2D eigenvalue weighted by atomic mass is 16.5. The van der Waals surface area contributed by atoms with Crippen molar-refractivity contribution in [2.45, 2.75) is 0 Å².